The van der Waals surface area contributed by atoms with Gasteiger partial charge >= 0.3 is 5.97 Å². The summed E-state index contributed by atoms with van der Waals surface area (Å²) in [6, 6.07) is 1.49. The van der Waals surface area contributed by atoms with Crippen LogP contribution >= 0.6 is 0 Å². The second-order valence-corrected chi connectivity index (χ2v) is 2.34. The molecule has 1 aromatic rings. The molecule has 0 bridgehead atoms. The van der Waals surface area contributed by atoms with Gasteiger partial charge in [-0.15, -0.1) is 0 Å². The molecule has 5 heteroatoms. The van der Waals surface area contributed by atoms with E-state index >= 15 is 0 Å². The van der Waals surface area contributed by atoms with Gasteiger partial charge in [0.2, 0.25) is 0 Å². The van der Waals surface area contributed by atoms with Crippen LogP contribution in [0.15, 0.2) is 12.3 Å². The Bertz CT molecular complexity index is 282. The van der Waals surface area contributed by atoms with Crippen LogP contribution in [-0.4, -0.2) is 26.0 Å². The van der Waals surface area contributed by atoms with Crippen molar-refractivity contribution in [3.8, 4) is 0 Å². The Morgan fingerprint density at radius 2 is 2.50 bits per heavy atom. The first-order chi connectivity index (χ1) is 5.65. The molecule has 0 radical (unpaired) electrons. The third-order valence-electron chi connectivity index (χ3n) is 1.50. The minimum Gasteiger partial charge on any atom is -0.479 e. The molecule has 0 fully saturated rings. The van der Waals surface area contributed by atoms with E-state index in [0.29, 0.717) is 6.54 Å². The Labute approximate surface area is 69.2 Å². The summed E-state index contributed by atoms with van der Waals surface area (Å²) in [6.07, 6.45) is 0.111. The standard InChI is InChI=1S/C7H10N2O3/c1-2-9-4-3-5(8-9)6(10)7(11)12/h3-4,6,10H,2H2,1H3,(H,11,12). The first-order valence-electron chi connectivity index (χ1n) is 3.59. The molecule has 5 nitrogen and oxygen atoms in total. The van der Waals surface area contributed by atoms with E-state index in [9.17, 15) is 4.79 Å². The maximum Gasteiger partial charge on any atom is 0.338 e. The van der Waals surface area contributed by atoms with E-state index in [-0.39, 0.29) is 5.69 Å². The molecule has 1 rings (SSSR count). The molecule has 0 aromatic carbocycles. The first-order valence-corrected chi connectivity index (χ1v) is 3.59. The van der Waals surface area contributed by atoms with Gasteiger partial charge in [0.05, 0.1) is 0 Å². The first kappa shape index (κ1) is 8.73. The highest BCUT2D eigenvalue weighted by molar-refractivity contribution is 5.73. The minimum absolute atomic E-state index is 0.171. The van der Waals surface area contributed by atoms with Crippen LogP contribution in [0.3, 0.4) is 0 Å². The lowest BCUT2D eigenvalue weighted by Gasteiger charge is -1.99. The number of aliphatic hydroxyl groups is 1. The Morgan fingerprint density at radius 1 is 1.83 bits per heavy atom. The quantitative estimate of drug-likeness (QED) is 0.670. The molecule has 2 N–H and O–H groups in total. The topological polar surface area (TPSA) is 75.4 Å². The summed E-state index contributed by atoms with van der Waals surface area (Å²) in [5.41, 5.74) is 0.171. The summed E-state index contributed by atoms with van der Waals surface area (Å²) in [5, 5.41) is 21.3. The van der Waals surface area contributed by atoms with Crippen LogP contribution in [0.2, 0.25) is 0 Å². The van der Waals surface area contributed by atoms with Crippen molar-refractivity contribution in [1.82, 2.24) is 9.78 Å². The summed E-state index contributed by atoms with van der Waals surface area (Å²) in [4.78, 5) is 10.3. The average molecular weight is 170 g/mol. The van der Waals surface area contributed by atoms with Gasteiger partial charge in [-0.3, -0.25) is 4.68 Å². The normalized spacial score (nSPS) is 12.8. The summed E-state index contributed by atoms with van der Waals surface area (Å²) in [7, 11) is 0. The summed E-state index contributed by atoms with van der Waals surface area (Å²) < 4.78 is 1.56. The van der Waals surface area contributed by atoms with E-state index < -0.39 is 12.1 Å². The second kappa shape index (κ2) is 3.36. The molecule has 12 heavy (non-hydrogen) atoms. The van der Waals surface area contributed by atoms with Crippen molar-refractivity contribution in [2.45, 2.75) is 19.6 Å². The second-order valence-electron chi connectivity index (χ2n) is 2.34. The third-order valence-corrected chi connectivity index (χ3v) is 1.50. The van der Waals surface area contributed by atoms with E-state index in [0.717, 1.165) is 0 Å². The van der Waals surface area contributed by atoms with Gasteiger partial charge < -0.3 is 10.2 Å². The zero-order chi connectivity index (χ0) is 9.14. The lowest BCUT2D eigenvalue weighted by atomic mass is 10.3. The fourth-order valence-electron chi connectivity index (χ4n) is 0.826. The molecule has 1 unspecified atom stereocenters. The number of aliphatic hydroxyl groups excluding tert-OH is 1. The van der Waals surface area contributed by atoms with Crippen molar-refractivity contribution in [1.29, 1.82) is 0 Å². The number of nitrogens with zero attached hydrogens (tertiary/aromatic N) is 2. The molecule has 0 saturated carbocycles. The predicted octanol–water partition coefficient (Wildman–Crippen LogP) is 0.0210. The molecule has 66 valence electrons. The van der Waals surface area contributed by atoms with Crippen LogP contribution in [0.25, 0.3) is 0 Å². The molecule has 0 amide bonds. The average Bonchev–Trinajstić information content (AvgIpc) is 2.50. The fraction of sp³-hybridized carbons (Fsp3) is 0.429. The monoisotopic (exact) mass is 170 g/mol. The number of hydrogen-bond donors (Lipinski definition) is 2. The molecule has 1 aromatic heterocycles. The number of carbonyl (C=O) groups is 1. The lowest BCUT2D eigenvalue weighted by Crippen LogP contribution is -2.11. The van der Waals surface area contributed by atoms with Crippen LogP contribution in [0.1, 0.15) is 18.7 Å². The van der Waals surface area contributed by atoms with Gasteiger partial charge in [-0.25, -0.2) is 4.79 Å². The molecule has 1 atom stereocenters. The summed E-state index contributed by atoms with van der Waals surface area (Å²) in [5.74, 6) is -1.28. The van der Waals surface area contributed by atoms with Crippen molar-refractivity contribution in [3.63, 3.8) is 0 Å². The predicted molar refractivity (Wildman–Crippen MR) is 40.5 cm³/mol. The summed E-state index contributed by atoms with van der Waals surface area (Å²) >= 11 is 0. The molecule has 1 heterocycles. The fourth-order valence-corrected chi connectivity index (χ4v) is 0.826. The van der Waals surface area contributed by atoms with Gasteiger partial charge in [0, 0.05) is 12.7 Å². The lowest BCUT2D eigenvalue weighted by molar-refractivity contribution is -0.147. The van der Waals surface area contributed by atoms with Crippen LogP contribution in [0.4, 0.5) is 0 Å². The number of rotatable bonds is 3. The van der Waals surface area contributed by atoms with Crippen LogP contribution in [0, 0.1) is 0 Å². The summed E-state index contributed by atoms with van der Waals surface area (Å²) in [6.45, 7) is 2.54. The molecule has 0 aliphatic rings. The highest BCUT2D eigenvalue weighted by atomic mass is 16.4. The highest BCUT2D eigenvalue weighted by Gasteiger charge is 2.18. The van der Waals surface area contributed by atoms with Gasteiger partial charge in [0.25, 0.3) is 0 Å². The van der Waals surface area contributed by atoms with Gasteiger partial charge in [0.1, 0.15) is 5.69 Å². The smallest absolute Gasteiger partial charge is 0.338 e. The van der Waals surface area contributed by atoms with Crippen molar-refractivity contribution < 1.29 is 15.0 Å². The van der Waals surface area contributed by atoms with E-state index in [1.54, 1.807) is 10.9 Å². The maximum atomic E-state index is 10.3. The minimum atomic E-state index is -1.52. The van der Waals surface area contributed by atoms with Crippen molar-refractivity contribution in [2.24, 2.45) is 0 Å². The molecular formula is C7H10N2O3. The Morgan fingerprint density at radius 3 is 2.92 bits per heavy atom. The van der Waals surface area contributed by atoms with Crippen LogP contribution in [0.5, 0.6) is 0 Å². The number of aromatic nitrogens is 2. The molecule has 0 saturated heterocycles. The number of hydrogen-bond acceptors (Lipinski definition) is 3. The Kier molecular flexibility index (Phi) is 2.44. The number of aliphatic carboxylic acids is 1. The van der Waals surface area contributed by atoms with E-state index in [1.807, 2.05) is 6.92 Å². The SMILES string of the molecule is CCn1ccc(C(O)C(=O)O)n1. The Hall–Kier alpha value is -1.36. The van der Waals surface area contributed by atoms with Crippen molar-refractivity contribution in [2.75, 3.05) is 0 Å². The van der Waals surface area contributed by atoms with Gasteiger partial charge in [0.15, 0.2) is 6.10 Å². The largest absolute Gasteiger partial charge is 0.479 e. The molecule has 0 spiro atoms. The van der Waals surface area contributed by atoms with Crippen molar-refractivity contribution >= 4 is 5.97 Å². The third kappa shape index (κ3) is 1.62. The zero-order valence-corrected chi connectivity index (χ0v) is 6.64. The zero-order valence-electron chi connectivity index (χ0n) is 6.64. The van der Waals surface area contributed by atoms with Gasteiger partial charge in [-0.1, -0.05) is 0 Å². The molecular weight excluding hydrogens is 160 g/mol. The van der Waals surface area contributed by atoms with Gasteiger partial charge in [-0.2, -0.15) is 5.10 Å². The van der Waals surface area contributed by atoms with E-state index in [1.165, 1.54) is 6.07 Å². The molecule has 0 aliphatic carbocycles. The Balaban J connectivity index is 2.81. The highest BCUT2D eigenvalue weighted by Crippen LogP contribution is 2.09. The van der Waals surface area contributed by atoms with Gasteiger partial charge in [-0.05, 0) is 13.0 Å². The van der Waals surface area contributed by atoms with E-state index in [2.05, 4.69) is 5.10 Å². The van der Waals surface area contributed by atoms with Crippen LogP contribution in [-0.2, 0) is 11.3 Å². The number of carboxylic acids is 1. The van der Waals surface area contributed by atoms with Crippen molar-refractivity contribution in [3.05, 3.63) is 18.0 Å². The molecule has 0 aliphatic heterocycles. The number of aryl methyl sites for hydroxylation is 1. The van der Waals surface area contributed by atoms with Crippen LogP contribution < -0.4 is 0 Å². The maximum absolute atomic E-state index is 10.3. The van der Waals surface area contributed by atoms with E-state index in [4.69, 9.17) is 10.2 Å². The number of carboxylic acid groups (broad SMARTS) is 1.